The van der Waals surface area contributed by atoms with Crippen LogP contribution in [0.1, 0.15) is 11.1 Å². The molecule has 0 fully saturated rings. The van der Waals surface area contributed by atoms with E-state index >= 15 is 0 Å². The number of nitrogens with zero attached hydrogens (tertiary/aromatic N) is 3. The van der Waals surface area contributed by atoms with Crippen LogP contribution in [0.5, 0.6) is 0 Å². The van der Waals surface area contributed by atoms with E-state index in [4.69, 9.17) is 11.6 Å². The highest BCUT2D eigenvalue weighted by Crippen LogP contribution is 2.28. The van der Waals surface area contributed by atoms with Crippen molar-refractivity contribution in [3.63, 3.8) is 0 Å². The maximum Gasteiger partial charge on any atom is 0.292 e. The Bertz CT molecular complexity index is 878. The van der Waals surface area contributed by atoms with Crippen LogP contribution < -0.4 is 5.32 Å². The number of imidazole rings is 1. The highest BCUT2D eigenvalue weighted by Gasteiger charge is 2.15. The molecule has 0 aliphatic rings. The topological polar surface area (TPSA) is 73.0 Å². The summed E-state index contributed by atoms with van der Waals surface area (Å²) in [4.78, 5) is 14.9. The lowest BCUT2D eigenvalue weighted by atomic mass is 10.1. The second-order valence-electron chi connectivity index (χ2n) is 5.34. The number of anilines is 1. The van der Waals surface area contributed by atoms with Crippen LogP contribution in [0, 0.1) is 17.0 Å². The Morgan fingerprint density at radius 2 is 2.17 bits per heavy atom. The third-order valence-electron chi connectivity index (χ3n) is 3.68. The third kappa shape index (κ3) is 3.23. The van der Waals surface area contributed by atoms with E-state index in [0.29, 0.717) is 17.3 Å². The predicted octanol–water partition coefficient (Wildman–Crippen LogP) is 4.35. The first-order chi connectivity index (χ1) is 11.6. The molecule has 0 unspecified atom stereocenters. The molecule has 24 heavy (non-hydrogen) atoms. The second-order valence-corrected chi connectivity index (χ2v) is 5.75. The summed E-state index contributed by atoms with van der Waals surface area (Å²) in [7, 11) is 0. The van der Waals surface area contributed by atoms with Gasteiger partial charge in [-0.05, 0) is 30.7 Å². The van der Waals surface area contributed by atoms with Gasteiger partial charge in [0.2, 0.25) is 0 Å². The zero-order valence-electron chi connectivity index (χ0n) is 12.9. The number of benzene rings is 2. The van der Waals surface area contributed by atoms with Crippen LogP contribution in [0.4, 0.5) is 11.4 Å². The molecule has 2 aromatic carbocycles. The summed E-state index contributed by atoms with van der Waals surface area (Å²) < 4.78 is 1.85. The lowest BCUT2D eigenvalue weighted by Gasteiger charge is -2.14. The van der Waals surface area contributed by atoms with Crippen LogP contribution in [-0.2, 0) is 6.54 Å². The Hall–Kier alpha value is -2.86. The van der Waals surface area contributed by atoms with Gasteiger partial charge in [-0.15, -0.1) is 0 Å². The first-order valence-electron chi connectivity index (χ1n) is 7.31. The standard InChI is InChI=1S/C17H15ClN4O2/c1-12-5-6-15(17(9-12)22(23)24)20-10-13-14(18)3-2-4-16(13)21-8-7-19-11-21/h2-9,11,20H,10H2,1H3. The van der Waals surface area contributed by atoms with Gasteiger partial charge in [-0.2, -0.15) is 0 Å². The maximum atomic E-state index is 11.2. The van der Waals surface area contributed by atoms with Crippen LogP contribution >= 0.6 is 11.6 Å². The molecule has 0 aliphatic heterocycles. The van der Waals surface area contributed by atoms with Crippen molar-refractivity contribution in [1.82, 2.24) is 9.55 Å². The van der Waals surface area contributed by atoms with Gasteiger partial charge in [0, 0.05) is 35.6 Å². The highest BCUT2D eigenvalue weighted by atomic mass is 35.5. The number of rotatable bonds is 5. The average molecular weight is 343 g/mol. The molecule has 0 atom stereocenters. The number of nitro benzene ring substituents is 1. The molecule has 1 aromatic heterocycles. The fraction of sp³-hybridized carbons (Fsp3) is 0.118. The van der Waals surface area contributed by atoms with Crippen molar-refractivity contribution in [1.29, 1.82) is 0 Å². The summed E-state index contributed by atoms with van der Waals surface area (Å²) in [6.45, 7) is 2.18. The molecule has 1 N–H and O–H groups in total. The van der Waals surface area contributed by atoms with Crippen molar-refractivity contribution in [3.8, 4) is 5.69 Å². The van der Waals surface area contributed by atoms with Crippen LogP contribution in [0.3, 0.4) is 0 Å². The Morgan fingerprint density at radius 3 is 2.88 bits per heavy atom. The van der Waals surface area contributed by atoms with Gasteiger partial charge in [0.05, 0.1) is 16.9 Å². The van der Waals surface area contributed by atoms with Crippen molar-refractivity contribution < 1.29 is 4.92 Å². The number of hydrogen-bond donors (Lipinski definition) is 1. The van der Waals surface area contributed by atoms with Gasteiger partial charge in [0.25, 0.3) is 5.69 Å². The molecular formula is C17H15ClN4O2. The molecule has 6 nitrogen and oxygen atoms in total. The summed E-state index contributed by atoms with van der Waals surface area (Å²) in [5, 5.41) is 14.9. The van der Waals surface area contributed by atoms with Gasteiger partial charge in [0.15, 0.2) is 0 Å². The zero-order chi connectivity index (χ0) is 17.1. The molecule has 0 saturated carbocycles. The normalized spacial score (nSPS) is 10.6. The molecule has 0 radical (unpaired) electrons. The van der Waals surface area contributed by atoms with Crippen LogP contribution in [-0.4, -0.2) is 14.5 Å². The van der Waals surface area contributed by atoms with Crippen molar-refractivity contribution in [2.75, 3.05) is 5.32 Å². The monoisotopic (exact) mass is 342 g/mol. The highest BCUT2D eigenvalue weighted by molar-refractivity contribution is 6.31. The lowest BCUT2D eigenvalue weighted by Crippen LogP contribution is -2.07. The van der Waals surface area contributed by atoms with Gasteiger partial charge in [0.1, 0.15) is 5.69 Å². The third-order valence-corrected chi connectivity index (χ3v) is 4.04. The van der Waals surface area contributed by atoms with E-state index < -0.39 is 4.92 Å². The number of aromatic nitrogens is 2. The summed E-state index contributed by atoms with van der Waals surface area (Å²) in [5.74, 6) is 0. The SMILES string of the molecule is Cc1ccc(NCc2c(Cl)cccc2-n2ccnc2)c([N+](=O)[O-])c1. The molecule has 1 heterocycles. The Balaban J connectivity index is 1.92. The largest absolute Gasteiger partial charge is 0.375 e. The predicted molar refractivity (Wildman–Crippen MR) is 93.7 cm³/mol. The Kier molecular flexibility index (Phi) is 4.48. The van der Waals surface area contributed by atoms with E-state index in [2.05, 4.69) is 10.3 Å². The van der Waals surface area contributed by atoms with Crippen LogP contribution in [0.15, 0.2) is 55.1 Å². The first-order valence-corrected chi connectivity index (χ1v) is 7.68. The number of halogens is 1. The van der Waals surface area contributed by atoms with E-state index in [1.165, 1.54) is 0 Å². The van der Waals surface area contributed by atoms with E-state index in [1.54, 1.807) is 30.7 Å². The summed E-state index contributed by atoms with van der Waals surface area (Å²) in [6, 6.07) is 10.7. The smallest absolute Gasteiger partial charge is 0.292 e. The zero-order valence-corrected chi connectivity index (χ0v) is 13.7. The average Bonchev–Trinajstić information content (AvgIpc) is 3.08. The fourth-order valence-corrected chi connectivity index (χ4v) is 2.73. The van der Waals surface area contributed by atoms with Gasteiger partial charge < -0.3 is 9.88 Å². The summed E-state index contributed by atoms with van der Waals surface area (Å²) >= 11 is 6.33. The Labute approximate surface area is 143 Å². The number of hydrogen-bond acceptors (Lipinski definition) is 4. The minimum atomic E-state index is -0.390. The lowest BCUT2D eigenvalue weighted by molar-refractivity contribution is -0.384. The number of nitrogens with one attached hydrogen (secondary N) is 1. The fourth-order valence-electron chi connectivity index (χ4n) is 2.49. The minimum Gasteiger partial charge on any atom is -0.375 e. The first kappa shape index (κ1) is 16.0. The van der Waals surface area contributed by atoms with Gasteiger partial charge in [-0.25, -0.2) is 4.98 Å². The molecule has 0 aliphatic carbocycles. The molecule has 3 aromatic rings. The molecule has 3 rings (SSSR count). The van der Waals surface area contributed by atoms with E-state index in [1.807, 2.05) is 35.9 Å². The summed E-state index contributed by atoms with van der Waals surface area (Å²) in [5.41, 5.74) is 3.06. The molecule has 122 valence electrons. The van der Waals surface area contributed by atoms with Gasteiger partial charge >= 0.3 is 0 Å². The van der Waals surface area contributed by atoms with E-state index in [0.717, 1.165) is 16.8 Å². The molecular weight excluding hydrogens is 328 g/mol. The second kappa shape index (κ2) is 6.72. The van der Waals surface area contributed by atoms with Crippen molar-refractivity contribution in [2.45, 2.75) is 13.5 Å². The van der Waals surface area contributed by atoms with Gasteiger partial charge in [-0.1, -0.05) is 23.7 Å². The molecule has 0 amide bonds. The van der Waals surface area contributed by atoms with E-state index in [9.17, 15) is 10.1 Å². The van der Waals surface area contributed by atoms with E-state index in [-0.39, 0.29) is 5.69 Å². The number of aryl methyl sites for hydroxylation is 1. The molecule has 0 spiro atoms. The van der Waals surface area contributed by atoms with Crippen molar-refractivity contribution in [2.24, 2.45) is 0 Å². The quantitative estimate of drug-likeness (QED) is 0.552. The van der Waals surface area contributed by atoms with Crippen molar-refractivity contribution >= 4 is 23.0 Å². The Morgan fingerprint density at radius 1 is 1.33 bits per heavy atom. The van der Waals surface area contributed by atoms with Gasteiger partial charge in [-0.3, -0.25) is 10.1 Å². The maximum absolute atomic E-state index is 11.2. The molecule has 0 bridgehead atoms. The van der Waals surface area contributed by atoms with Crippen LogP contribution in [0.2, 0.25) is 5.02 Å². The molecule has 7 heteroatoms. The minimum absolute atomic E-state index is 0.0474. The van der Waals surface area contributed by atoms with Crippen LogP contribution in [0.25, 0.3) is 5.69 Å². The number of nitro groups is 1. The van der Waals surface area contributed by atoms with Crippen molar-refractivity contribution in [3.05, 3.63) is 81.4 Å². The summed E-state index contributed by atoms with van der Waals surface area (Å²) in [6.07, 6.45) is 5.19. The molecule has 0 saturated heterocycles.